The molecular weight excluding hydrogens is 198 g/mol. The van der Waals surface area contributed by atoms with Gasteiger partial charge in [-0.15, -0.1) is 0 Å². The molecule has 1 heterocycles. The number of hydrogen-bond donors (Lipinski definition) is 2. The Morgan fingerprint density at radius 2 is 2.19 bits per heavy atom. The smallest absolute Gasteiger partial charge is 0.127 e. The van der Waals surface area contributed by atoms with Crippen molar-refractivity contribution < 1.29 is 0 Å². The zero-order valence-electron chi connectivity index (χ0n) is 10.3. The van der Waals surface area contributed by atoms with Crippen molar-refractivity contribution in [1.29, 1.82) is 0 Å². The van der Waals surface area contributed by atoms with Gasteiger partial charge in [0.2, 0.25) is 0 Å². The minimum atomic E-state index is 0.561. The summed E-state index contributed by atoms with van der Waals surface area (Å²) in [7, 11) is 2.04. The summed E-state index contributed by atoms with van der Waals surface area (Å²) in [6.45, 7) is 4.44. The van der Waals surface area contributed by atoms with Gasteiger partial charge in [-0.1, -0.05) is 6.92 Å². The van der Waals surface area contributed by atoms with Crippen molar-refractivity contribution in [3.8, 4) is 0 Å². The molecule has 3 atom stereocenters. The van der Waals surface area contributed by atoms with Gasteiger partial charge in [0.05, 0.1) is 0 Å². The standard InChI is InChI=1S/C13H21N3/c1-8-6-7-16-13(14)12(8)10-4-5-11(15-3)9(10)2/h6-7,9-11,15H,4-5H2,1-3H3,(H2,14,16). The van der Waals surface area contributed by atoms with Crippen molar-refractivity contribution in [2.75, 3.05) is 12.8 Å². The molecule has 3 nitrogen and oxygen atoms in total. The zero-order valence-corrected chi connectivity index (χ0v) is 10.3. The Kier molecular flexibility index (Phi) is 3.15. The second-order valence-electron chi connectivity index (χ2n) is 4.86. The van der Waals surface area contributed by atoms with Gasteiger partial charge in [-0.25, -0.2) is 4.98 Å². The van der Waals surface area contributed by atoms with Gasteiger partial charge in [0.1, 0.15) is 5.82 Å². The SMILES string of the molecule is CNC1CCC(c2c(C)ccnc2N)C1C. The van der Waals surface area contributed by atoms with Gasteiger partial charge in [0, 0.05) is 17.8 Å². The summed E-state index contributed by atoms with van der Waals surface area (Å²) in [6, 6.07) is 2.68. The van der Waals surface area contributed by atoms with E-state index >= 15 is 0 Å². The van der Waals surface area contributed by atoms with Crippen molar-refractivity contribution >= 4 is 5.82 Å². The molecule has 0 spiro atoms. The number of anilines is 1. The van der Waals surface area contributed by atoms with Gasteiger partial charge in [-0.05, 0) is 50.3 Å². The van der Waals surface area contributed by atoms with Crippen molar-refractivity contribution in [2.45, 2.75) is 38.6 Å². The predicted octanol–water partition coefficient (Wildman–Crippen LogP) is 2.07. The van der Waals surface area contributed by atoms with Crippen LogP contribution in [0, 0.1) is 12.8 Å². The van der Waals surface area contributed by atoms with Crippen molar-refractivity contribution in [3.63, 3.8) is 0 Å². The number of hydrogen-bond acceptors (Lipinski definition) is 3. The molecule has 16 heavy (non-hydrogen) atoms. The van der Waals surface area contributed by atoms with Crippen molar-refractivity contribution in [1.82, 2.24) is 10.3 Å². The van der Waals surface area contributed by atoms with Crippen LogP contribution in [-0.2, 0) is 0 Å². The number of aromatic nitrogens is 1. The van der Waals surface area contributed by atoms with E-state index in [-0.39, 0.29) is 0 Å². The third-order valence-corrected chi connectivity index (χ3v) is 4.04. The first-order valence-electron chi connectivity index (χ1n) is 6.03. The molecule has 0 saturated heterocycles. The van der Waals surface area contributed by atoms with E-state index in [0.29, 0.717) is 23.7 Å². The van der Waals surface area contributed by atoms with E-state index in [2.05, 4.69) is 30.2 Å². The minimum Gasteiger partial charge on any atom is -0.383 e. The lowest BCUT2D eigenvalue weighted by Gasteiger charge is -2.22. The van der Waals surface area contributed by atoms with Crippen LogP contribution in [0.4, 0.5) is 5.82 Å². The topological polar surface area (TPSA) is 50.9 Å². The second-order valence-corrected chi connectivity index (χ2v) is 4.86. The normalized spacial score (nSPS) is 29.6. The van der Waals surface area contributed by atoms with Crippen LogP contribution in [0.5, 0.6) is 0 Å². The molecule has 2 rings (SSSR count). The van der Waals surface area contributed by atoms with Gasteiger partial charge >= 0.3 is 0 Å². The first kappa shape index (κ1) is 11.4. The summed E-state index contributed by atoms with van der Waals surface area (Å²) < 4.78 is 0. The third-order valence-electron chi connectivity index (χ3n) is 4.04. The summed E-state index contributed by atoms with van der Waals surface area (Å²) in [5.41, 5.74) is 8.57. The summed E-state index contributed by atoms with van der Waals surface area (Å²) >= 11 is 0. The predicted molar refractivity (Wildman–Crippen MR) is 67.4 cm³/mol. The lowest BCUT2D eigenvalue weighted by atomic mass is 9.87. The van der Waals surface area contributed by atoms with Crippen molar-refractivity contribution in [2.24, 2.45) is 5.92 Å². The molecule has 3 unspecified atom stereocenters. The van der Waals surface area contributed by atoms with E-state index in [9.17, 15) is 0 Å². The third kappa shape index (κ3) is 1.80. The largest absolute Gasteiger partial charge is 0.383 e. The van der Waals surface area contributed by atoms with Crippen molar-refractivity contribution in [3.05, 3.63) is 23.4 Å². The van der Waals surface area contributed by atoms with Gasteiger partial charge < -0.3 is 11.1 Å². The number of aryl methyl sites for hydroxylation is 1. The Balaban J connectivity index is 2.32. The molecule has 0 aliphatic heterocycles. The van der Waals surface area contributed by atoms with Crippen LogP contribution in [0.25, 0.3) is 0 Å². The molecule has 1 aromatic rings. The number of pyridine rings is 1. The lowest BCUT2D eigenvalue weighted by Crippen LogP contribution is -2.29. The van der Waals surface area contributed by atoms with Crippen LogP contribution in [0.3, 0.4) is 0 Å². The number of nitrogen functional groups attached to an aromatic ring is 1. The molecule has 0 bridgehead atoms. The van der Waals surface area contributed by atoms with Gasteiger partial charge in [0.25, 0.3) is 0 Å². The average Bonchev–Trinajstić information content (AvgIpc) is 2.60. The van der Waals surface area contributed by atoms with E-state index in [0.717, 1.165) is 0 Å². The molecule has 0 amide bonds. The lowest BCUT2D eigenvalue weighted by molar-refractivity contribution is 0.428. The van der Waals surface area contributed by atoms with Crippen LogP contribution >= 0.6 is 0 Å². The maximum absolute atomic E-state index is 6.02. The summed E-state index contributed by atoms with van der Waals surface area (Å²) in [5.74, 6) is 1.91. The van der Waals surface area contributed by atoms with E-state index in [1.165, 1.54) is 24.0 Å². The minimum absolute atomic E-state index is 0.561. The monoisotopic (exact) mass is 219 g/mol. The number of nitrogens with zero attached hydrogens (tertiary/aromatic N) is 1. The zero-order chi connectivity index (χ0) is 11.7. The first-order chi connectivity index (χ1) is 7.65. The summed E-state index contributed by atoms with van der Waals surface area (Å²) in [6.07, 6.45) is 4.24. The molecule has 1 aliphatic carbocycles. The van der Waals surface area contributed by atoms with Crippen LogP contribution < -0.4 is 11.1 Å². The Bertz CT molecular complexity index is 355. The highest BCUT2D eigenvalue weighted by atomic mass is 14.9. The highest BCUT2D eigenvalue weighted by Crippen LogP contribution is 2.42. The fraction of sp³-hybridized carbons (Fsp3) is 0.615. The molecule has 3 N–H and O–H groups in total. The van der Waals surface area contributed by atoms with E-state index in [4.69, 9.17) is 5.73 Å². The number of nitrogens with two attached hydrogens (primary N) is 1. The average molecular weight is 219 g/mol. The fourth-order valence-corrected chi connectivity index (χ4v) is 3.05. The number of rotatable bonds is 2. The summed E-state index contributed by atoms with van der Waals surface area (Å²) in [5, 5.41) is 3.39. The molecule has 3 heteroatoms. The van der Waals surface area contributed by atoms with Gasteiger partial charge in [-0.2, -0.15) is 0 Å². The molecule has 1 aliphatic rings. The second kappa shape index (κ2) is 4.42. The highest BCUT2D eigenvalue weighted by Gasteiger charge is 2.34. The molecule has 0 aromatic carbocycles. The van der Waals surface area contributed by atoms with E-state index in [1.807, 2.05) is 7.05 Å². The molecule has 1 aromatic heterocycles. The van der Waals surface area contributed by atoms with E-state index < -0.39 is 0 Å². The Morgan fingerprint density at radius 1 is 1.44 bits per heavy atom. The van der Waals surface area contributed by atoms with Crippen LogP contribution in [0.1, 0.15) is 36.8 Å². The molecule has 1 saturated carbocycles. The van der Waals surface area contributed by atoms with E-state index in [1.54, 1.807) is 6.20 Å². The summed E-state index contributed by atoms with van der Waals surface area (Å²) in [4.78, 5) is 4.23. The fourth-order valence-electron chi connectivity index (χ4n) is 3.05. The molecular formula is C13H21N3. The Labute approximate surface area is 97.5 Å². The quantitative estimate of drug-likeness (QED) is 0.800. The Hall–Kier alpha value is -1.09. The highest BCUT2D eigenvalue weighted by molar-refractivity contribution is 5.47. The number of nitrogens with one attached hydrogen (secondary N) is 1. The molecule has 0 radical (unpaired) electrons. The maximum atomic E-state index is 6.02. The Morgan fingerprint density at radius 3 is 2.75 bits per heavy atom. The first-order valence-corrected chi connectivity index (χ1v) is 6.03. The molecule has 88 valence electrons. The van der Waals surface area contributed by atoms with Gasteiger partial charge in [-0.3, -0.25) is 0 Å². The van der Waals surface area contributed by atoms with Crippen LogP contribution in [0.2, 0.25) is 0 Å². The van der Waals surface area contributed by atoms with Crippen LogP contribution in [0.15, 0.2) is 12.3 Å². The maximum Gasteiger partial charge on any atom is 0.127 e. The molecule has 1 fully saturated rings. The van der Waals surface area contributed by atoms with Crippen LogP contribution in [-0.4, -0.2) is 18.1 Å². The van der Waals surface area contributed by atoms with Gasteiger partial charge in [0.15, 0.2) is 0 Å².